The van der Waals surface area contributed by atoms with Crippen LogP contribution in [0.2, 0.25) is 0 Å². The summed E-state index contributed by atoms with van der Waals surface area (Å²) in [6.45, 7) is 0.454. The molecule has 0 spiro atoms. The number of nitrogens with one attached hydrogen (secondary N) is 1. The number of carbonyl (C=O) groups excluding carboxylic acids is 1. The van der Waals surface area contributed by atoms with Crippen LogP contribution in [0.25, 0.3) is 28.6 Å². The molecule has 0 atom stereocenters. The summed E-state index contributed by atoms with van der Waals surface area (Å²) in [5, 5.41) is 2.88. The molecule has 0 aliphatic carbocycles. The molecule has 4 aromatic rings. The van der Waals surface area contributed by atoms with Gasteiger partial charge in [0.05, 0.1) is 6.20 Å². The molecular weight excluding hydrogens is 338 g/mol. The molecule has 0 saturated heterocycles. The third-order valence-electron chi connectivity index (χ3n) is 4.08. The van der Waals surface area contributed by atoms with E-state index in [0.717, 1.165) is 22.2 Å². The van der Waals surface area contributed by atoms with Crippen molar-refractivity contribution >= 4 is 23.1 Å². The summed E-state index contributed by atoms with van der Waals surface area (Å²) < 4.78 is 5.74. The summed E-state index contributed by atoms with van der Waals surface area (Å²) in [5.74, 6) is 0.425. The molecule has 0 unspecified atom stereocenters. The van der Waals surface area contributed by atoms with Crippen LogP contribution >= 0.6 is 0 Å². The van der Waals surface area contributed by atoms with Crippen LogP contribution in [-0.2, 0) is 11.3 Å². The average Bonchev–Trinajstić information content (AvgIpc) is 3.16. The van der Waals surface area contributed by atoms with Crippen molar-refractivity contribution in [1.29, 1.82) is 0 Å². The van der Waals surface area contributed by atoms with Crippen molar-refractivity contribution in [1.82, 2.24) is 15.3 Å². The Kier molecular flexibility index (Phi) is 4.74. The predicted octanol–water partition coefficient (Wildman–Crippen LogP) is 4.22. The maximum absolute atomic E-state index is 11.9. The highest BCUT2D eigenvalue weighted by atomic mass is 16.3. The van der Waals surface area contributed by atoms with E-state index in [-0.39, 0.29) is 5.91 Å². The van der Waals surface area contributed by atoms with E-state index in [4.69, 9.17) is 4.42 Å². The number of nitrogens with zero attached hydrogens (tertiary/aromatic N) is 2. The third kappa shape index (κ3) is 4.10. The van der Waals surface area contributed by atoms with Gasteiger partial charge in [0.2, 0.25) is 11.8 Å². The van der Waals surface area contributed by atoms with Gasteiger partial charge in [-0.1, -0.05) is 42.5 Å². The fourth-order valence-electron chi connectivity index (χ4n) is 2.65. The molecule has 4 rings (SSSR count). The molecule has 2 aromatic heterocycles. The summed E-state index contributed by atoms with van der Waals surface area (Å²) in [6, 6.07) is 19.3. The normalized spacial score (nSPS) is 11.1. The Morgan fingerprint density at radius 1 is 1.04 bits per heavy atom. The second-order valence-electron chi connectivity index (χ2n) is 6.02. The first-order chi connectivity index (χ1) is 13.3. The van der Waals surface area contributed by atoms with Crippen LogP contribution in [0.1, 0.15) is 11.1 Å². The number of oxazole rings is 1. The van der Waals surface area contributed by atoms with Crippen molar-refractivity contribution in [2.24, 2.45) is 0 Å². The largest absolute Gasteiger partial charge is 0.436 e. The van der Waals surface area contributed by atoms with Gasteiger partial charge in [0.15, 0.2) is 5.58 Å². The molecular formula is C22H17N3O2. The molecule has 1 amide bonds. The van der Waals surface area contributed by atoms with Crippen LogP contribution < -0.4 is 5.32 Å². The highest BCUT2D eigenvalue weighted by molar-refractivity contribution is 5.91. The number of benzene rings is 2. The summed E-state index contributed by atoms with van der Waals surface area (Å²) >= 11 is 0. The summed E-state index contributed by atoms with van der Waals surface area (Å²) in [6.07, 6.45) is 6.68. The van der Waals surface area contributed by atoms with Gasteiger partial charge in [0, 0.05) is 30.4 Å². The lowest BCUT2D eigenvalue weighted by Gasteiger charge is -2.03. The zero-order valence-corrected chi connectivity index (χ0v) is 14.5. The van der Waals surface area contributed by atoms with E-state index >= 15 is 0 Å². The molecule has 5 heteroatoms. The van der Waals surface area contributed by atoms with Crippen molar-refractivity contribution < 1.29 is 9.21 Å². The predicted molar refractivity (Wildman–Crippen MR) is 105 cm³/mol. The van der Waals surface area contributed by atoms with Crippen LogP contribution in [-0.4, -0.2) is 15.9 Å². The van der Waals surface area contributed by atoms with Gasteiger partial charge in [0.25, 0.3) is 0 Å². The first-order valence-electron chi connectivity index (χ1n) is 8.59. The van der Waals surface area contributed by atoms with Gasteiger partial charge in [0.1, 0.15) is 5.52 Å². The van der Waals surface area contributed by atoms with E-state index in [9.17, 15) is 4.79 Å². The van der Waals surface area contributed by atoms with Gasteiger partial charge in [-0.2, -0.15) is 0 Å². The molecule has 132 valence electrons. The third-order valence-corrected chi connectivity index (χ3v) is 4.08. The fourth-order valence-corrected chi connectivity index (χ4v) is 2.65. The van der Waals surface area contributed by atoms with Gasteiger partial charge < -0.3 is 9.73 Å². The van der Waals surface area contributed by atoms with Crippen molar-refractivity contribution in [2.75, 3.05) is 0 Å². The van der Waals surface area contributed by atoms with Crippen molar-refractivity contribution in [3.63, 3.8) is 0 Å². The molecule has 0 aliphatic heterocycles. The van der Waals surface area contributed by atoms with Crippen molar-refractivity contribution in [3.8, 4) is 11.5 Å². The quantitative estimate of drug-likeness (QED) is 0.544. The van der Waals surface area contributed by atoms with E-state index in [1.165, 1.54) is 6.08 Å². The molecule has 27 heavy (non-hydrogen) atoms. The number of hydrogen-bond donors (Lipinski definition) is 1. The second kappa shape index (κ2) is 7.66. The van der Waals surface area contributed by atoms with Crippen molar-refractivity contribution in [3.05, 3.63) is 90.3 Å². The van der Waals surface area contributed by atoms with Gasteiger partial charge in [-0.05, 0) is 29.3 Å². The lowest BCUT2D eigenvalue weighted by molar-refractivity contribution is -0.116. The number of carbonyl (C=O) groups is 1. The van der Waals surface area contributed by atoms with E-state index in [2.05, 4.69) is 15.3 Å². The number of rotatable bonds is 5. The van der Waals surface area contributed by atoms with E-state index in [0.29, 0.717) is 18.0 Å². The molecule has 0 aliphatic rings. The van der Waals surface area contributed by atoms with E-state index < -0.39 is 0 Å². The zero-order valence-electron chi connectivity index (χ0n) is 14.5. The fraction of sp³-hybridized carbons (Fsp3) is 0.0455. The second-order valence-corrected chi connectivity index (χ2v) is 6.02. The zero-order chi connectivity index (χ0) is 18.5. The Hall–Kier alpha value is -3.73. The number of fused-ring (bicyclic) bond motifs is 1. The Morgan fingerprint density at radius 2 is 1.85 bits per heavy atom. The molecule has 0 saturated carbocycles. The van der Waals surface area contributed by atoms with Crippen LogP contribution in [0.4, 0.5) is 0 Å². The minimum Gasteiger partial charge on any atom is -0.436 e. The SMILES string of the molecule is O=C(C=Cc1ccccc1)NCc1ccc(-c2nc3cnccc3o2)cc1. The maximum atomic E-state index is 11.9. The Labute approximate surface area is 156 Å². The molecule has 0 bridgehead atoms. The Morgan fingerprint density at radius 3 is 2.63 bits per heavy atom. The topological polar surface area (TPSA) is 68.0 Å². The smallest absolute Gasteiger partial charge is 0.244 e. The molecule has 0 fully saturated rings. The lowest BCUT2D eigenvalue weighted by atomic mass is 10.1. The number of pyridine rings is 1. The van der Waals surface area contributed by atoms with E-state index in [1.807, 2.05) is 54.6 Å². The monoisotopic (exact) mass is 355 g/mol. The van der Waals surface area contributed by atoms with Gasteiger partial charge in [-0.15, -0.1) is 0 Å². The average molecular weight is 355 g/mol. The molecule has 5 nitrogen and oxygen atoms in total. The first kappa shape index (κ1) is 16.7. The van der Waals surface area contributed by atoms with Crippen LogP contribution in [0.15, 0.2) is 83.6 Å². The summed E-state index contributed by atoms with van der Waals surface area (Å²) in [7, 11) is 0. The van der Waals surface area contributed by atoms with Crippen LogP contribution in [0, 0.1) is 0 Å². The standard InChI is InChI=1S/C22H17N3O2/c26-21(11-8-16-4-2-1-3-5-16)24-14-17-6-9-18(10-7-17)22-25-19-15-23-13-12-20(19)27-22/h1-13,15H,14H2,(H,24,26). The number of hydrogen-bond acceptors (Lipinski definition) is 4. The molecule has 2 aromatic carbocycles. The maximum Gasteiger partial charge on any atom is 0.244 e. The molecule has 1 N–H and O–H groups in total. The minimum absolute atomic E-state index is 0.130. The lowest BCUT2D eigenvalue weighted by Crippen LogP contribution is -2.20. The summed E-state index contributed by atoms with van der Waals surface area (Å²) in [4.78, 5) is 20.4. The van der Waals surface area contributed by atoms with E-state index in [1.54, 1.807) is 24.5 Å². The van der Waals surface area contributed by atoms with Crippen LogP contribution in [0.5, 0.6) is 0 Å². The number of amides is 1. The van der Waals surface area contributed by atoms with Gasteiger partial charge in [-0.3, -0.25) is 9.78 Å². The summed E-state index contributed by atoms with van der Waals surface area (Å²) in [5.41, 5.74) is 4.31. The Bertz CT molecular complexity index is 1050. The minimum atomic E-state index is -0.130. The Balaban J connectivity index is 1.38. The van der Waals surface area contributed by atoms with Gasteiger partial charge >= 0.3 is 0 Å². The van der Waals surface area contributed by atoms with Crippen LogP contribution in [0.3, 0.4) is 0 Å². The first-order valence-corrected chi connectivity index (χ1v) is 8.59. The van der Waals surface area contributed by atoms with Gasteiger partial charge in [-0.25, -0.2) is 4.98 Å². The highest BCUT2D eigenvalue weighted by Gasteiger charge is 2.08. The highest BCUT2D eigenvalue weighted by Crippen LogP contribution is 2.23. The molecule has 2 heterocycles. The number of aromatic nitrogens is 2. The molecule has 0 radical (unpaired) electrons. The van der Waals surface area contributed by atoms with Crippen molar-refractivity contribution in [2.45, 2.75) is 6.54 Å².